The number of fused-ring (bicyclic) bond motifs is 5. The van der Waals surface area contributed by atoms with Crippen LogP contribution >= 0.6 is 11.6 Å². The van der Waals surface area contributed by atoms with E-state index >= 15 is 0 Å². The molecule has 0 spiro atoms. The third-order valence-corrected chi connectivity index (χ3v) is 8.62. The van der Waals surface area contributed by atoms with Gasteiger partial charge in [-0.05, 0) is 38.0 Å². The van der Waals surface area contributed by atoms with Crippen LogP contribution in [-0.2, 0) is 30.2 Å². The first-order chi connectivity index (χ1) is 18.3. The van der Waals surface area contributed by atoms with E-state index in [2.05, 4.69) is 0 Å². The largest absolute Gasteiger partial charge is 0.495 e. The van der Waals surface area contributed by atoms with Crippen LogP contribution in [0.15, 0.2) is 35.9 Å². The van der Waals surface area contributed by atoms with Gasteiger partial charge in [-0.3, -0.25) is 9.59 Å². The average Bonchev–Trinajstić information content (AvgIpc) is 3.58. The number of esters is 1. The zero-order valence-corrected chi connectivity index (χ0v) is 24.0. The molecule has 0 saturated carbocycles. The van der Waals surface area contributed by atoms with Crippen molar-refractivity contribution < 1.29 is 38.7 Å². The van der Waals surface area contributed by atoms with Gasteiger partial charge in [0.1, 0.15) is 34.2 Å². The van der Waals surface area contributed by atoms with Gasteiger partial charge in [0.15, 0.2) is 0 Å². The molecule has 2 fully saturated rings. The monoisotopic (exact) mass is 563 g/mol. The fourth-order valence-corrected chi connectivity index (χ4v) is 6.03. The topological polar surface area (TPSA) is 118 Å². The van der Waals surface area contributed by atoms with E-state index in [1.165, 1.54) is 19.1 Å². The van der Waals surface area contributed by atoms with Gasteiger partial charge in [-0.15, -0.1) is 0 Å². The lowest BCUT2D eigenvalue weighted by atomic mass is 9.78. The molecule has 1 aromatic rings. The molecular weight excluding hydrogens is 526 g/mol. The van der Waals surface area contributed by atoms with Gasteiger partial charge < -0.3 is 34.1 Å². The Kier molecular flexibility index (Phi) is 8.50. The highest BCUT2D eigenvalue weighted by Crippen LogP contribution is 2.48. The minimum absolute atomic E-state index is 0.142. The van der Waals surface area contributed by atoms with Crippen LogP contribution in [0.2, 0.25) is 5.02 Å². The number of carbonyl (C=O) groups excluding carboxylic acids is 2. The summed E-state index contributed by atoms with van der Waals surface area (Å²) in [7, 11) is 4.61. The molecule has 39 heavy (non-hydrogen) atoms. The molecule has 4 bridgehead atoms. The lowest BCUT2D eigenvalue weighted by molar-refractivity contribution is -0.187. The number of carbonyl (C=O) groups is 2. The zero-order valence-electron chi connectivity index (χ0n) is 23.3. The third kappa shape index (κ3) is 5.88. The summed E-state index contributed by atoms with van der Waals surface area (Å²) in [4.78, 5) is 27.3. The molecule has 0 aliphatic carbocycles. The standard InChI is InChI=1S/C29H38ClNO8/c1-16-8-7-9-23(37-6)29(35)14-21(38-25(34)15-29)17(2)27-28(3,39-27)22(32)13-24(33)31(4)19-11-18(10-16)12-20(36-5)26(19)30/h7-9,11-12,17,21-23,27,32,35H,10,13-15H2,1-6H3/b9-7+,16-8+/t17-,21+,22+,23-,27+,28+,29-/m1/s1. The van der Waals surface area contributed by atoms with Crippen LogP contribution in [0.3, 0.4) is 0 Å². The predicted molar refractivity (Wildman–Crippen MR) is 146 cm³/mol. The van der Waals surface area contributed by atoms with Crippen LogP contribution in [0.4, 0.5) is 5.69 Å². The molecule has 214 valence electrons. The van der Waals surface area contributed by atoms with Crippen molar-refractivity contribution in [3.63, 3.8) is 0 Å². The Morgan fingerprint density at radius 1 is 1.23 bits per heavy atom. The number of allylic oxidation sites excluding steroid dienone is 3. The Hall–Kier alpha value is -2.43. The molecule has 2 N–H and O–H groups in total. The smallest absolute Gasteiger partial charge is 0.309 e. The summed E-state index contributed by atoms with van der Waals surface area (Å²) >= 11 is 6.59. The molecular formula is C29H38ClNO8. The molecule has 1 amide bonds. The van der Waals surface area contributed by atoms with E-state index in [-0.39, 0.29) is 31.1 Å². The van der Waals surface area contributed by atoms with E-state index in [0.717, 1.165) is 11.1 Å². The number of benzene rings is 1. The van der Waals surface area contributed by atoms with Gasteiger partial charge in [-0.25, -0.2) is 0 Å². The first-order valence-electron chi connectivity index (χ1n) is 13.1. The van der Waals surface area contributed by atoms with Gasteiger partial charge >= 0.3 is 5.97 Å². The summed E-state index contributed by atoms with van der Waals surface area (Å²) in [5.41, 5.74) is -0.168. The fraction of sp³-hybridized carbons (Fsp3) is 0.586. The summed E-state index contributed by atoms with van der Waals surface area (Å²) in [6, 6.07) is 3.65. The maximum absolute atomic E-state index is 13.3. The van der Waals surface area contributed by atoms with Crippen molar-refractivity contribution >= 4 is 29.2 Å². The van der Waals surface area contributed by atoms with Gasteiger partial charge in [-0.1, -0.05) is 42.3 Å². The highest BCUT2D eigenvalue weighted by Gasteiger charge is 2.62. The number of hydrogen-bond acceptors (Lipinski definition) is 8. The molecule has 10 heteroatoms. The van der Waals surface area contributed by atoms with Crippen LogP contribution in [0.5, 0.6) is 5.75 Å². The predicted octanol–water partition coefficient (Wildman–Crippen LogP) is 3.37. The summed E-state index contributed by atoms with van der Waals surface area (Å²) in [6.07, 6.45) is 2.69. The van der Waals surface area contributed by atoms with Crippen molar-refractivity contribution in [2.45, 2.75) is 82.1 Å². The number of amides is 1. The Morgan fingerprint density at radius 2 is 1.95 bits per heavy atom. The number of methoxy groups -OCH3 is 2. The molecule has 0 unspecified atom stereocenters. The van der Waals surface area contributed by atoms with Gasteiger partial charge in [-0.2, -0.15) is 0 Å². The second kappa shape index (κ2) is 11.2. The maximum Gasteiger partial charge on any atom is 0.309 e. The quantitative estimate of drug-likeness (QED) is 0.415. The Morgan fingerprint density at radius 3 is 2.62 bits per heavy atom. The van der Waals surface area contributed by atoms with Gasteiger partial charge in [0, 0.05) is 26.5 Å². The van der Waals surface area contributed by atoms with Crippen molar-refractivity contribution in [1.82, 2.24) is 0 Å². The first kappa shape index (κ1) is 29.6. The zero-order chi connectivity index (χ0) is 28.7. The fourth-order valence-electron chi connectivity index (χ4n) is 5.72. The highest BCUT2D eigenvalue weighted by atomic mass is 35.5. The van der Waals surface area contributed by atoms with Crippen molar-refractivity contribution in [2.75, 3.05) is 26.2 Å². The Balaban J connectivity index is 1.74. The molecule has 4 rings (SSSR count). The second-order valence-corrected chi connectivity index (χ2v) is 11.5. The van der Waals surface area contributed by atoms with Crippen LogP contribution < -0.4 is 9.64 Å². The number of nitrogens with zero attached hydrogens (tertiary/aromatic N) is 1. The van der Waals surface area contributed by atoms with E-state index in [1.807, 2.05) is 32.1 Å². The SMILES string of the molecule is COc1cc2cc(c1Cl)N(C)C(=O)C[C@H](O)[C@]1(C)O[C@H]1[C@H](C)[C@@H]1C[C@@](O)(CC(=O)O1)[C@H](OC)/C=C/C=C(\C)C2. The molecule has 3 aliphatic rings. The summed E-state index contributed by atoms with van der Waals surface area (Å²) < 4.78 is 22.6. The molecule has 2 saturated heterocycles. The Bertz CT molecular complexity index is 1180. The van der Waals surface area contributed by atoms with E-state index in [1.54, 1.807) is 26.1 Å². The van der Waals surface area contributed by atoms with Gasteiger partial charge in [0.05, 0.1) is 37.8 Å². The second-order valence-electron chi connectivity index (χ2n) is 11.1. The van der Waals surface area contributed by atoms with Crippen LogP contribution in [0.1, 0.15) is 45.6 Å². The van der Waals surface area contributed by atoms with Gasteiger partial charge in [0.2, 0.25) is 5.91 Å². The summed E-state index contributed by atoms with van der Waals surface area (Å²) in [5.74, 6) is -0.794. The van der Waals surface area contributed by atoms with Gasteiger partial charge in [0.25, 0.3) is 0 Å². The lowest BCUT2D eigenvalue weighted by Crippen LogP contribution is -2.53. The number of halogens is 1. The molecule has 3 heterocycles. The number of aliphatic hydroxyl groups excluding tert-OH is 1. The number of hydrogen-bond donors (Lipinski definition) is 2. The Labute approximate surface area is 234 Å². The highest BCUT2D eigenvalue weighted by molar-refractivity contribution is 6.35. The van der Waals surface area contributed by atoms with E-state index in [0.29, 0.717) is 22.9 Å². The minimum atomic E-state index is -1.48. The van der Waals surface area contributed by atoms with E-state index in [9.17, 15) is 19.8 Å². The molecule has 0 radical (unpaired) electrons. The summed E-state index contributed by atoms with van der Waals surface area (Å²) in [6.45, 7) is 5.54. The van der Waals surface area contributed by atoms with Crippen LogP contribution in [0.25, 0.3) is 0 Å². The molecule has 0 aromatic heterocycles. The van der Waals surface area contributed by atoms with Crippen molar-refractivity contribution in [3.8, 4) is 5.75 Å². The number of epoxide rings is 1. The van der Waals surface area contributed by atoms with E-state index < -0.39 is 41.6 Å². The maximum atomic E-state index is 13.3. The molecule has 9 nitrogen and oxygen atoms in total. The lowest BCUT2D eigenvalue weighted by Gasteiger charge is -2.41. The summed E-state index contributed by atoms with van der Waals surface area (Å²) in [5, 5.41) is 22.9. The third-order valence-electron chi connectivity index (χ3n) is 8.24. The van der Waals surface area contributed by atoms with Crippen molar-refractivity contribution in [2.24, 2.45) is 5.92 Å². The molecule has 3 aliphatic heterocycles. The van der Waals surface area contributed by atoms with Crippen LogP contribution in [-0.4, -0.2) is 79.0 Å². The minimum Gasteiger partial charge on any atom is -0.495 e. The number of ether oxygens (including phenoxy) is 4. The first-order valence-corrected chi connectivity index (χ1v) is 13.5. The van der Waals surface area contributed by atoms with Crippen LogP contribution in [0, 0.1) is 5.92 Å². The number of aliphatic hydroxyl groups is 2. The number of anilines is 1. The normalized spacial score (nSPS) is 37.8. The molecule has 1 aromatic carbocycles. The average molecular weight is 564 g/mol. The van der Waals surface area contributed by atoms with Crippen molar-refractivity contribution in [1.29, 1.82) is 0 Å². The van der Waals surface area contributed by atoms with Crippen molar-refractivity contribution in [3.05, 3.63) is 46.5 Å². The molecule has 7 atom stereocenters. The number of rotatable bonds is 2. The van der Waals surface area contributed by atoms with E-state index in [4.69, 9.17) is 30.5 Å².